The number of benzene rings is 2. The fourth-order valence-electron chi connectivity index (χ4n) is 2.03. The number of hydrogen-bond acceptors (Lipinski definition) is 3. The molecule has 0 aromatic heterocycles. The van der Waals surface area contributed by atoms with Gasteiger partial charge in [-0.1, -0.05) is 11.2 Å². The highest BCUT2D eigenvalue weighted by Crippen LogP contribution is 2.18. The average Bonchev–Trinajstić information content (AvgIpc) is 2.45. The molecule has 0 spiro atoms. The van der Waals surface area contributed by atoms with Gasteiger partial charge >= 0.3 is 0 Å². The number of oxime groups is 1. The van der Waals surface area contributed by atoms with E-state index in [9.17, 15) is 8.78 Å². The molecule has 2 aromatic carbocycles. The maximum Gasteiger partial charge on any atom is 0.170 e. The molecule has 0 fully saturated rings. The standard InChI is InChI=1S/C15H15F2N3O/c1-20(14-4-2-3-12(16)8-14)9-10-5-11(15(18)19-21)7-13(17)6-10/h2-8,21H,9H2,1H3,(H2,18,19). The van der Waals surface area contributed by atoms with Gasteiger partial charge in [0.15, 0.2) is 5.84 Å². The second-order valence-electron chi connectivity index (χ2n) is 4.67. The van der Waals surface area contributed by atoms with E-state index in [1.807, 2.05) is 0 Å². The van der Waals surface area contributed by atoms with E-state index in [0.29, 0.717) is 23.4 Å². The Balaban J connectivity index is 2.25. The van der Waals surface area contributed by atoms with Crippen LogP contribution < -0.4 is 10.6 Å². The minimum absolute atomic E-state index is 0.163. The molecule has 6 heteroatoms. The molecule has 21 heavy (non-hydrogen) atoms. The van der Waals surface area contributed by atoms with Crippen LogP contribution in [0.1, 0.15) is 11.1 Å². The maximum absolute atomic E-state index is 13.6. The molecular formula is C15H15F2N3O. The first-order chi connectivity index (χ1) is 9.99. The van der Waals surface area contributed by atoms with Crippen LogP contribution in [0.3, 0.4) is 0 Å². The molecule has 0 atom stereocenters. The third-order valence-electron chi connectivity index (χ3n) is 3.03. The summed E-state index contributed by atoms with van der Waals surface area (Å²) in [7, 11) is 1.77. The molecule has 110 valence electrons. The van der Waals surface area contributed by atoms with E-state index in [1.54, 1.807) is 30.1 Å². The number of nitrogens with two attached hydrogens (primary N) is 1. The van der Waals surface area contributed by atoms with Crippen molar-refractivity contribution in [1.82, 2.24) is 0 Å². The van der Waals surface area contributed by atoms with Crippen LogP contribution in [0.5, 0.6) is 0 Å². The lowest BCUT2D eigenvalue weighted by Crippen LogP contribution is -2.18. The van der Waals surface area contributed by atoms with Gasteiger partial charge in [0.05, 0.1) is 0 Å². The first-order valence-corrected chi connectivity index (χ1v) is 6.23. The highest BCUT2D eigenvalue weighted by atomic mass is 19.1. The number of amidine groups is 1. The van der Waals surface area contributed by atoms with Crippen molar-refractivity contribution < 1.29 is 14.0 Å². The molecule has 0 aliphatic heterocycles. The smallest absolute Gasteiger partial charge is 0.170 e. The van der Waals surface area contributed by atoms with Crippen molar-refractivity contribution in [2.45, 2.75) is 6.54 Å². The van der Waals surface area contributed by atoms with Crippen LogP contribution >= 0.6 is 0 Å². The van der Waals surface area contributed by atoms with Gasteiger partial charge in [0.2, 0.25) is 0 Å². The lowest BCUT2D eigenvalue weighted by atomic mass is 10.1. The van der Waals surface area contributed by atoms with Crippen LogP contribution in [0.15, 0.2) is 47.6 Å². The zero-order valence-corrected chi connectivity index (χ0v) is 11.4. The van der Waals surface area contributed by atoms with Crippen LogP contribution in [0.4, 0.5) is 14.5 Å². The van der Waals surface area contributed by atoms with E-state index in [0.717, 1.165) is 0 Å². The van der Waals surface area contributed by atoms with Crippen molar-refractivity contribution in [1.29, 1.82) is 0 Å². The van der Waals surface area contributed by atoms with Gasteiger partial charge in [0.25, 0.3) is 0 Å². The number of hydrogen-bond donors (Lipinski definition) is 2. The fourth-order valence-corrected chi connectivity index (χ4v) is 2.03. The summed E-state index contributed by atoms with van der Waals surface area (Å²) >= 11 is 0. The Morgan fingerprint density at radius 1 is 1.19 bits per heavy atom. The van der Waals surface area contributed by atoms with Gasteiger partial charge in [0, 0.05) is 24.8 Å². The molecule has 2 rings (SSSR count). The summed E-state index contributed by atoms with van der Waals surface area (Å²) < 4.78 is 26.8. The summed E-state index contributed by atoms with van der Waals surface area (Å²) in [5.41, 5.74) is 7.05. The maximum atomic E-state index is 13.6. The van der Waals surface area contributed by atoms with E-state index in [4.69, 9.17) is 10.9 Å². The molecule has 0 saturated carbocycles. The zero-order valence-electron chi connectivity index (χ0n) is 11.4. The number of rotatable bonds is 4. The van der Waals surface area contributed by atoms with Crippen molar-refractivity contribution >= 4 is 11.5 Å². The lowest BCUT2D eigenvalue weighted by molar-refractivity contribution is 0.318. The summed E-state index contributed by atoms with van der Waals surface area (Å²) in [5, 5.41) is 11.5. The van der Waals surface area contributed by atoms with E-state index < -0.39 is 5.82 Å². The molecule has 0 unspecified atom stereocenters. The fraction of sp³-hybridized carbons (Fsp3) is 0.133. The zero-order chi connectivity index (χ0) is 15.4. The van der Waals surface area contributed by atoms with Gasteiger partial charge in [0.1, 0.15) is 11.6 Å². The highest BCUT2D eigenvalue weighted by Gasteiger charge is 2.08. The summed E-state index contributed by atoms with van der Waals surface area (Å²) in [6, 6.07) is 10.3. The molecule has 0 amide bonds. The van der Waals surface area contributed by atoms with Gasteiger partial charge in [-0.15, -0.1) is 0 Å². The Labute approximate surface area is 121 Å². The molecular weight excluding hydrogens is 276 g/mol. The molecule has 3 N–H and O–H groups in total. The molecule has 0 heterocycles. The van der Waals surface area contributed by atoms with Gasteiger partial charge in [-0.25, -0.2) is 8.78 Å². The predicted molar refractivity (Wildman–Crippen MR) is 77.4 cm³/mol. The highest BCUT2D eigenvalue weighted by molar-refractivity contribution is 5.97. The predicted octanol–water partition coefficient (Wildman–Crippen LogP) is 2.70. The Hall–Kier alpha value is -2.63. The third kappa shape index (κ3) is 3.68. The number of nitrogens with zero attached hydrogens (tertiary/aromatic N) is 2. The van der Waals surface area contributed by atoms with E-state index in [2.05, 4.69) is 5.16 Å². The first-order valence-electron chi connectivity index (χ1n) is 6.23. The molecule has 0 saturated heterocycles. The summed E-state index contributed by atoms with van der Waals surface area (Å²) in [5.74, 6) is -0.984. The lowest BCUT2D eigenvalue weighted by Gasteiger charge is -2.20. The van der Waals surface area contributed by atoms with Crippen LogP contribution in [-0.2, 0) is 6.54 Å². The quantitative estimate of drug-likeness (QED) is 0.394. The third-order valence-corrected chi connectivity index (χ3v) is 3.03. The molecule has 0 aliphatic rings. The Kier molecular flexibility index (Phi) is 4.37. The van der Waals surface area contributed by atoms with Crippen molar-refractivity contribution in [2.24, 2.45) is 10.9 Å². The van der Waals surface area contributed by atoms with Crippen LogP contribution in [0, 0.1) is 11.6 Å². The first kappa shape index (κ1) is 14.8. The van der Waals surface area contributed by atoms with E-state index in [1.165, 1.54) is 24.3 Å². The van der Waals surface area contributed by atoms with Crippen molar-refractivity contribution in [2.75, 3.05) is 11.9 Å². The Morgan fingerprint density at radius 2 is 1.95 bits per heavy atom. The molecule has 0 bridgehead atoms. The van der Waals surface area contributed by atoms with E-state index >= 15 is 0 Å². The minimum Gasteiger partial charge on any atom is -0.409 e. The second-order valence-corrected chi connectivity index (χ2v) is 4.67. The number of anilines is 1. The summed E-state index contributed by atoms with van der Waals surface area (Å²) in [6.07, 6.45) is 0. The largest absolute Gasteiger partial charge is 0.409 e. The second kappa shape index (κ2) is 6.21. The minimum atomic E-state index is -0.484. The molecule has 4 nitrogen and oxygen atoms in total. The van der Waals surface area contributed by atoms with Crippen molar-refractivity contribution in [3.8, 4) is 0 Å². The van der Waals surface area contributed by atoms with Crippen LogP contribution in [0.2, 0.25) is 0 Å². The SMILES string of the molecule is CN(Cc1cc(F)cc(/C(N)=N/O)c1)c1cccc(F)c1. The van der Waals surface area contributed by atoms with Gasteiger partial charge in [-0.05, 0) is 42.0 Å². The Morgan fingerprint density at radius 3 is 2.62 bits per heavy atom. The van der Waals surface area contributed by atoms with Gasteiger partial charge < -0.3 is 15.8 Å². The normalized spacial score (nSPS) is 11.5. The van der Waals surface area contributed by atoms with E-state index in [-0.39, 0.29) is 11.7 Å². The van der Waals surface area contributed by atoms with Crippen molar-refractivity contribution in [3.05, 3.63) is 65.2 Å². The van der Waals surface area contributed by atoms with Crippen LogP contribution in [0.25, 0.3) is 0 Å². The molecule has 0 radical (unpaired) electrons. The molecule has 2 aromatic rings. The average molecular weight is 291 g/mol. The van der Waals surface area contributed by atoms with Gasteiger partial charge in [-0.2, -0.15) is 0 Å². The van der Waals surface area contributed by atoms with Crippen LogP contribution in [-0.4, -0.2) is 18.1 Å². The summed E-state index contributed by atoms with van der Waals surface area (Å²) in [4.78, 5) is 1.77. The summed E-state index contributed by atoms with van der Waals surface area (Å²) in [6.45, 7) is 0.354. The topological polar surface area (TPSA) is 61.8 Å². The van der Waals surface area contributed by atoms with Crippen molar-refractivity contribution in [3.63, 3.8) is 0 Å². The number of halogens is 2. The monoisotopic (exact) mass is 291 g/mol. The van der Waals surface area contributed by atoms with Gasteiger partial charge in [-0.3, -0.25) is 0 Å². The molecule has 0 aliphatic carbocycles. The Bertz CT molecular complexity index is 674.